The van der Waals surface area contributed by atoms with Gasteiger partial charge in [0.2, 0.25) is 0 Å². The highest BCUT2D eigenvalue weighted by Gasteiger charge is 2.26. The van der Waals surface area contributed by atoms with E-state index in [0.29, 0.717) is 17.8 Å². The van der Waals surface area contributed by atoms with Crippen LogP contribution in [0.15, 0.2) is 30.3 Å². The molecule has 2 rings (SSSR count). The summed E-state index contributed by atoms with van der Waals surface area (Å²) in [6.45, 7) is 6.65. The van der Waals surface area contributed by atoms with E-state index >= 15 is 0 Å². The number of rotatable bonds is 6. The number of aliphatic hydroxyl groups is 1. The lowest BCUT2D eigenvalue weighted by Gasteiger charge is -2.32. The van der Waals surface area contributed by atoms with Gasteiger partial charge in [-0.3, -0.25) is 0 Å². The molecule has 0 bridgehead atoms. The highest BCUT2D eigenvalue weighted by molar-refractivity contribution is 5.20. The van der Waals surface area contributed by atoms with Crippen molar-refractivity contribution in [3.63, 3.8) is 0 Å². The Kier molecular flexibility index (Phi) is 4.79. The maximum absolute atomic E-state index is 9.27. The maximum atomic E-state index is 9.27. The number of hydrogen-bond acceptors (Lipinski definition) is 2. The van der Waals surface area contributed by atoms with Crippen LogP contribution in [0, 0.1) is 11.8 Å². The van der Waals surface area contributed by atoms with Crippen LogP contribution >= 0.6 is 0 Å². The quantitative estimate of drug-likeness (QED) is 0.810. The molecular formula is C16H25NO. The number of aliphatic hydroxyl groups excluding tert-OH is 1. The van der Waals surface area contributed by atoms with Gasteiger partial charge in [0.15, 0.2) is 0 Å². The molecule has 18 heavy (non-hydrogen) atoms. The zero-order valence-electron chi connectivity index (χ0n) is 11.5. The van der Waals surface area contributed by atoms with Crippen LogP contribution in [0.2, 0.25) is 0 Å². The second kappa shape index (κ2) is 6.35. The van der Waals surface area contributed by atoms with Crippen molar-refractivity contribution in [3.05, 3.63) is 35.9 Å². The fourth-order valence-corrected chi connectivity index (χ4v) is 2.75. The summed E-state index contributed by atoms with van der Waals surface area (Å²) in [5, 5.41) is 12.8. The second-order valence-electron chi connectivity index (χ2n) is 5.91. The van der Waals surface area contributed by atoms with Gasteiger partial charge in [-0.25, -0.2) is 0 Å². The van der Waals surface area contributed by atoms with Crippen molar-refractivity contribution in [1.82, 2.24) is 5.32 Å². The Bertz CT molecular complexity index is 343. The van der Waals surface area contributed by atoms with Gasteiger partial charge >= 0.3 is 0 Å². The SMILES string of the molecule is CC(C)C(CNCC1CC(O)C1)c1ccccc1. The van der Waals surface area contributed by atoms with E-state index in [1.165, 1.54) is 5.56 Å². The molecule has 1 fully saturated rings. The van der Waals surface area contributed by atoms with Crippen LogP contribution < -0.4 is 5.32 Å². The molecule has 0 heterocycles. The number of hydrogen-bond donors (Lipinski definition) is 2. The largest absolute Gasteiger partial charge is 0.393 e. The van der Waals surface area contributed by atoms with Crippen LogP contribution in [0.4, 0.5) is 0 Å². The smallest absolute Gasteiger partial charge is 0.0546 e. The normalized spacial score (nSPS) is 24.9. The summed E-state index contributed by atoms with van der Waals surface area (Å²) in [6, 6.07) is 10.8. The summed E-state index contributed by atoms with van der Waals surface area (Å²) in [5.41, 5.74) is 1.42. The van der Waals surface area contributed by atoms with Crippen LogP contribution in [0.5, 0.6) is 0 Å². The molecule has 0 aromatic heterocycles. The first-order valence-electron chi connectivity index (χ1n) is 7.10. The summed E-state index contributed by atoms with van der Waals surface area (Å²) in [6.07, 6.45) is 1.92. The third-order valence-corrected chi connectivity index (χ3v) is 4.04. The Hall–Kier alpha value is -0.860. The lowest BCUT2D eigenvalue weighted by molar-refractivity contribution is 0.0429. The van der Waals surface area contributed by atoms with E-state index in [-0.39, 0.29) is 6.10 Å². The van der Waals surface area contributed by atoms with Gasteiger partial charge in [-0.2, -0.15) is 0 Å². The van der Waals surface area contributed by atoms with Crippen molar-refractivity contribution in [2.24, 2.45) is 11.8 Å². The van der Waals surface area contributed by atoms with E-state index < -0.39 is 0 Å². The molecule has 1 aliphatic carbocycles. The molecule has 1 aromatic rings. The minimum Gasteiger partial charge on any atom is -0.393 e. The maximum Gasteiger partial charge on any atom is 0.0546 e. The van der Waals surface area contributed by atoms with Crippen LogP contribution in [0.3, 0.4) is 0 Å². The van der Waals surface area contributed by atoms with E-state index in [9.17, 15) is 5.11 Å². The minimum absolute atomic E-state index is 0.0354. The zero-order valence-corrected chi connectivity index (χ0v) is 11.5. The molecule has 0 radical (unpaired) electrons. The van der Waals surface area contributed by atoms with Crippen molar-refractivity contribution in [3.8, 4) is 0 Å². The van der Waals surface area contributed by atoms with E-state index in [1.807, 2.05) is 0 Å². The molecule has 1 atom stereocenters. The van der Waals surface area contributed by atoms with Crippen LogP contribution in [-0.2, 0) is 0 Å². The first-order chi connectivity index (χ1) is 8.66. The molecule has 1 aliphatic rings. The fraction of sp³-hybridized carbons (Fsp3) is 0.625. The molecule has 0 saturated heterocycles. The lowest BCUT2D eigenvalue weighted by Crippen LogP contribution is -2.37. The molecule has 0 amide bonds. The van der Waals surface area contributed by atoms with Crippen LogP contribution in [0.25, 0.3) is 0 Å². The molecular weight excluding hydrogens is 222 g/mol. The topological polar surface area (TPSA) is 32.3 Å². The number of nitrogens with one attached hydrogen (secondary N) is 1. The standard InChI is InChI=1S/C16H25NO/c1-12(2)16(14-6-4-3-5-7-14)11-17-10-13-8-15(18)9-13/h3-7,12-13,15-18H,8-11H2,1-2H3. The van der Waals surface area contributed by atoms with Crippen molar-refractivity contribution < 1.29 is 5.11 Å². The third kappa shape index (κ3) is 3.56. The van der Waals surface area contributed by atoms with E-state index in [1.54, 1.807) is 0 Å². The van der Waals surface area contributed by atoms with Gasteiger partial charge in [0.25, 0.3) is 0 Å². The molecule has 0 aliphatic heterocycles. The molecule has 100 valence electrons. The Balaban J connectivity index is 1.80. The Morgan fingerprint density at radius 3 is 2.44 bits per heavy atom. The van der Waals surface area contributed by atoms with Gasteiger partial charge in [0.05, 0.1) is 6.10 Å². The first kappa shape index (κ1) is 13.6. The van der Waals surface area contributed by atoms with Crippen LogP contribution in [-0.4, -0.2) is 24.3 Å². The molecule has 1 saturated carbocycles. The zero-order chi connectivity index (χ0) is 13.0. The minimum atomic E-state index is -0.0354. The number of benzene rings is 1. The third-order valence-electron chi connectivity index (χ3n) is 4.04. The average Bonchev–Trinajstić information content (AvgIpc) is 2.32. The van der Waals surface area contributed by atoms with E-state index in [2.05, 4.69) is 49.5 Å². The summed E-state index contributed by atoms with van der Waals surface area (Å²) in [7, 11) is 0. The Morgan fingerprint density at radius 2 is 1.89 bits per heavy atom. The van der Waals surface area contributed by atoms with E-state index in [4.69, 9.17) is 0 Å². The van der Waals surface area contributed by atoms with Crippen molar-refractivity contribution in [2.75, 3.05) is 13.1 Å². The van der Waals surface area contributed by atoms with Gasteiger partial charge in [0.1, 0.15) is 0 Å². The summed E-state index contributed by atoms with van der Waals surface area (Å²) >= 11 is 0. The molecule has 2 nitrogen and oxygen atoms in total. The molecule has 2 N–H and O–H groups in total. The Labute approximate surface area is 110 Å². The van der Waals surface area contributed by atoms with Gasteiger partial charge in [-0.15, -0.1) is 0 Å². The van der Waals surface area contributed by atoms with Gasteiger partial charge in [0, 0.05) is 6.54 Å². The fourth-order valence-electron chi connectivity index (χ4n) is 2.75. The highest BCUT2D eigenvalue weighted by Crippen LogP contribution is 2.27. The average molecular weight is 247 g/mol. The Morgan fingerprint density at radius 1 is 1.22 bits per heavy atom. The van der Waals surface area contributed by atoms with Gasteiger partial charge in [-0.05, 0) is 42.7 Å². The van der Waals surface area contributed by atoms with Crippen molar-refractivity contribution in [2.45, 2.75) is 38.7 Å². The van der Waals surface area contributed by atoms with Gasteiger partial charge < -0.3 is 10.4 Å². The van der Waals surface area contributed by atoms with Crippen LogP contribution in [0.1, 0.15) is 38.2 Å². The monoisotopic (exact) mass is 247 g/mol. The van der Waals surface area contributed by atoms with Gasteiger partial charge in [-0.1, -0.05) is 44.2 Å². The van der Waals surface area contributed by atoms with Crippen molar-refractivity contribution >= 4 is 0 Å². The first-order valence-corrected chi connectivity index (χ1v) is 7.10. The highest BCUT2D eigenvalue weighted by atomic mass is 16.3. The summed E-state index contributed by atoms with van der Waals surface area (Å²) in [4.78, 5) is 0. The lowest BCUT2D eigenvalue weighted by atomic mass is 9.82. The summed E-state index contributed by atoms with van der Waals surface area (Å²) < 4.78 is 0. The molecule has 0 spiro atoms. The second-order valence-corrected chi connectivity index (χ2v) is 5.91. The van der Waals surface area contributed by atoms with E-state index in [0.717, 1.165) is 25.9 Å². The molecule has 1 aromatic carbocycles. The predicted octanol–water partition coefficient (Wildman–Crippen LogP) is 2.79. The molecule has 1 unspecified atom stereocenters. The predicted molar refractivity (Wildman–Crippen MR) is 75.6 cm³/mol. The van der Waals surface area contributed by atoms with Crippen molar-refractivity contribution in [1.29, 1.82) is 0 Å². The summed E-state index contributed by atoms with van der Waals surface area (Å²) in [5.74, 6) is 1.91. The molecule has 2 heteroatoms.